The van der Waals surface area contributed by atoms with E-state index in [1.165, 1.54) is 0 Å². The lowest BCUT2D eigenvalue weighted by atomic mass is 9.74. The van der Waals surface area contributed by atoms with Crippen molar-refractivity contribution in [3.8, 4) is 0 Å². The number of hydrogen-bond acceptors (Lipinski definition) is 10. The van der Waals surface area contributed by atoms with Crippen molar-refractivity contribution in [1.29, 1.82) is 0 Å². The zero-order valence-corrected chi connectivity index (χ0v) is 31.3. The SMILES string of the molecule is CCCN1C[C@H](C)C[C@@](C)(OC)[C@H](O[C@@H]2O[C@H](C)C[C@H](N(C)C)[C@H]2c2ccccc2C(=O)O)[C@@H](C)C(=O)C(C)(C)C(=O)OC[C@H]1CCC=O. The van der Waals surface area contributed by atoms with Gasteiger partial charge in [0.25, 0.3) is 0 Å². The summed E-state index contributed by atoms with van der Waals surface area (Å²) in [6.07, 6.45) is 1.73. The lowest BCUT2D eigenvalue weighted by molar-refractivity contribution is -0.271. The van der Waals surface area contributed by atoms with Gasteiger partial charge in [-0.05, 0) is 91.6 Å². The molecule has 0 bridgehead atoms. The van der Waals surface area contributed by atoms with Gasteiger partial charge < -0.3 is 33.7 Å². The smallest absolute Gasteiger partial charge is 0.335 e. The number of carbonyl (C=O) groups is 4. The largest absolute Gasteiger partial charge is 0.478 e. The quantitative estimate of drug-likeness (QED) is 0.187. The molecular weight excluding hydrogens is 628 g/mol. The molecule has 2 aliphatic heterocycles. The van der Waals surface area contributed by atoms with Gasteiger partial charge in [-0.2, -0.15) is 0 Å². The summed E-state index contributed by atoms with van der Waals surface area (Å²) in [5.74, 6) is -3.34. The number of carbonyl (C=O) groups excluding carboxylic acids is 3. The number of nitrogens with zero attached hydrogens (tertiary/aromatic N) is 2. The van der Waals surface area contributed by atoms with E-state index in [1.807, 2.05) is 34.0 Å². The lowest BCUT2D eigenvalue weighted by Gasteiger charge is -2.49. The number of carboxylic acid groups (broad SMARTS) is 1. The number of rotatable bonds is 11. The molecule has 1 aromatic rings. The molecule has 0 spiro atoms. The van der Waals surface area contributed by atoms with Crippen LogP contribution in [0.3, 0.4) is 0 Å². The van der Waals surface area contributed by atoms with E-state index in [2.05, 4.69) is 23.6 Å². The molecule has 2 heterocycles. The third-order valence-corrected chi connectivity index (χ3v) is 10.6. The molecule has 2 fully saturated rings. The van der Waals surface area contributed by atoms with Gasteiger partial charge in [-0.25, -0.2) is 4.79 Å². The van der Waals surface area contributed by atoms with Gasteiger partial charge in [-0.1, -0.05) is 39.0 Å². The summed E-state index contributed by atoms with van der Waals surface area (Å²) in [5.41, 5.74) is -1.78. The van der Waals surface area contributed by atoms with Crippen LogP contribution in [0, 0.1) is 17.3 Å². The Morgan fingerprint density at radius 1 is 1.14 bits per heavy atom. The Morgan fingerprint density at radius 2 is 1.82 bits per heavy atom. The molecule has 0 unspecified atom stereocenters. The molecule has 2 aliphatic rings. The van der Waals surface area contributed by atoms with Crippen molar-refractivity contribution in [3.63, 3.8) is 0 Å². The summed E-state index contributed by atoms with van der Waals surface area (Å²) in [4.78, 5) is 56.3. The van der Waals surface area contributed by atoms with Crippen molar-refractivity contribution < 1.29 is 43.2 Å². The minimum Gasteiger partial charge on any atom is -0.478 e. The molecule has 1 N–H and O–H groups in total. The minimum atomic E-state index is -1.51. The zero-order chi connectivity index (χ0) is 36.7. The summed E-state index contributed by atoms with van der Waals surface area (Å²) < 4.78 is 25.8. The van der Waals surface area contributed by atoms with E-state index in [0.29, 0.717) is 37.8 Å². The highest BCUT2D eigenvalue weighted by Gasteiger charge is 2.52. The van der Waals surface area contributed by atoms with Crippen LogP contribution < -0.4 is 0 Å². The first-order valence-electron chi connectivity index (χ1n) is 17.8. The van der Waals surface area contributed by atoms with E-state index in [-0.39, 0.29) is 42.1 Å². The predicted octanol–water partition coefficient (Wildman–Crippen LogP) is 5.20. The van der Waals surface area contributed by atoms with E-state index in [4.69, 9.17) is 18.9 Å². The molecule has 11 nitrogen and oxygen atoms in total. The maximum Gasteiger partial charge on any atom is 0.335 e. The van der Waals surface area contributed by atoms with Gasteiger partial charge in [0.2, 0.25) is 0 Å². The molecule has 49 heavy (non-hydrogen) atoms. The number of hydrogen-bond donors (Lipinski definition) is 1. The number of Topliss-reactive ketones (excluding diaryl/α,β-unsaturated/α-hetero) is 1. The third kappa shape index (κ3) is 9.55. The molecule has 0 aliphatic carbocycles. The number of carboxylic acids is 1. The van der Waals surface area contributed by atoms with E-state index in [1.54, 1.807) is 46.1 Å². The van der Waals surface area contributed by atoms with Gasteiger partial charge in [0.1, 0.15) is 18.3 Å². The Bertz CT molecular complexity index is 1290. The normalized spacial score (nSPS) is 33.6. The lowest BCUT2D eigenvalue weighted by Crippen LogP contribution is -2.57. The fraction of sp³-hybridized carbons (Fsp3) is 0.737. The number of ether oxygens (including phenoxy) is 4. The van der Waals surface area contributed by atoms with E-state index in [0.717, 1.165) is 19.3 Å². The number of cyclic esters (lactones) is 1. The number of esters is 1. The van der Waals surface area contributed by atoms with Crippen molar-refractivity contribution >= 4 is 24.0 Å². The Hall–Kier alpha value is -2.70. The van der Waals surface area contributed by atoms with Crippen molar-refractivity contribution in [2.45, 2.75) is 123 Å². The number of ketones is 1. The second-order valence-corrected chi connectivity index (χ2v) is 15.2. The van der Waals surface area contributed by atoms with Gasteiger partial charge in [0, 0.05) is 38.1 Å². The highest BCUT2D eigenvalue weighted by atomic mass is 16.7. The molecular formula is C38H60N2O9. The second-order valence-electron chi connectivity index (χ2n) is 15.2. The highest BCUT2D eigenvalue weighted by molar-refractivity contribution is 6.04. The molecule has 3 rings (SSSR count). The van der Waals surface area contributed by atoms with Crippen LogP contribution >= 0.6 is 0 Å². The van der Waals surface area contributed by atoms with Crippen LogP contribution in [0.1, 0.15) is 102 Å². The average Bonchev–Trinajstić information content (AvgIpc) is 3.05. The highest BCUT2D eigenvalue weighted by Crippen LogP contribution is 2.43. The Balaban J connectivity index is 2.18. The third-order valence-electron chi connectivity index (χ3n) is 10.6. The summed E-state index contributed by atoms with van der Waals surface area (Å²) in [7, 11) is 5.53. The molecule has 276 valence electrons. The first-order chi connectivity index (χ1) is 23.0. The van der Waals surface area contributed by atoms with Gasteiger partial charge >= 0.3 is 11.9 Å². The fourth-order valence-electron chi connectivity index (χ4n) is 7.93. The standard InChI is InChI=1S/C38H60N2O9/c1-11-18-40-22-24(2)21-38(7,46-10)33(26(4)32(42)37(5,6)36(45)47-23-27(40)15-14-19-41)49-35-31(30(39(8)9)20-25(3)48-35)28-16-12-13-17-29(28)34(43)44/h12-13,16-17,19,24-27,30-31,33,35H,11,14-15,18,20-23H2,1-10H3,(H,43,44)/t24-,25-,26+,27-,30+,31-,33-,35+,38-/m1/s1. The summed E-state index contributed by atoms with van der Waals surface area (Å²) >= 11 is 0. The summed E-state index contributed by atoms with van der Waals surface area (Å²) in [6.45, 7) is 14.5. The number of benzene rings is 1. The fourth-order valence-corrected chi connectivity index (χ4v) is 7.93. The van der Waals surface area contributed by atoms with E-state index >= 15 is 0 Å². The Labute approximate surface area is 293 Å². The molecule has 11 heteroatoms. The number of aldehydes is 1. The van der Waals surface area contributed by atoms with Gasteiger partial charge in [-0.3, -0.25) is 14.5 Å². The molecule has 9 atom stereocenters. The van der Waals surface area contributed by atoms with Crippen molar-refractivity contribution in [3.05, 3.63) is 35.4 Å². The van der Waals surface area contributed by atoms with Crippen LogP contribution in [0.15, 0.2) is 24.3 Å². The van der Waals surface area contributed by atoms with E-state index in [9.17, 15) is 24.3 Å². The van der Waals surface area contributed by atoms with Crippen LogP contribution in [0.25, 0.3) is 0 Å². The molecule has 1 aromatic carbocycles. The first-order valence-corrected chi connectivity index (χ1v) is 17.8. The molecule has 2 saturated heterocycles. The van der Waals surface area contributed by atoms with Crippen molar-refractivity contribution in [2.75, 3.05) is 40.9 Å². The first kappa shape index (κ1) is 40.7. The van der Waals surface area contributed by atoms with E-state index < -0.39 is 47.2 Å². The zero-order valence-electron chi connectivity index (χ0n) is 31.3. The van der Waals surface area contributed by atoms with Gasteiger partial charge in [0.15, 0.2) is 12.1 Å². The maximum atomic E-state index is 14.4. The van der Waals surface area contributed by atoms with Gasteiger partial charge in [0.05, 0.1) is 29.3 Å². The van der Waals surface area contributed by atoms with Crippen LogP contribution in [0.5, 0.6) is 0 Å². The number of methoxy groups -OCH3 is 1. The summed E-state index contributed by atoms with van der Waals surface area (Å²) in [5, 5.41) is 10.2. The number of aromatic carboxylic acids is 1. The molecule has 0 aromatic heterocycles. The second kappa shape index (κ2) is 17.5. The van der Waals surface area contributed by atoms with Crippen molar-refractivity contribution in [1.82, 2.24) is 9.80 Å². The molecule has 0 saturated carbocycles. The topological polar surface area (TPSA) is 132 Å². The van der Waals surface area contributed by atoms with Crippen LogP contribution in [-0.4, -0.2) is 116 Å². The molecule has 0 radical (unpaired) electrons. The Morgan fingerprint density at radius 3 is 2.41 bits per heavy atom. The number of likely N-dealkylation sites (N-methyl/N-ethyl adjacent to an activating group) is 1. The van der Waals surface area contributed by atoms with Crippen LogP contribution in [0.2, 0.25) is 0 Å². The summed E-state index contributed by atoms with van der Waals surface area (Å²) in [6, 6.07) is 6.58. The van der Waals surface area contributed by atoms with Crippen LogP contribution in [0.4, 0.5) is 0 Å². The molecule has 0 amide bonds. The van der Waals surface area contributed by atoms with Crippen LogP contribution in [-0.2, 0) is 33.3 Å². The Kier molecular flexibility index (Phi) is 14.5. The minimum absolute atomic E-state index is 0.0531. The monoisotopic (exact) mass is 688 g/mol. The average molecular weight is 689 g/mol. The maximum absolute atomic E-state index is 14.4. The van der Waals surface area contributed by atoms with Crippen molar-refractivity contribution in [2.24, 2.45) is 17.3 Å². The predicted molar refractivity (Wildman–Crippen MR) is 186 cm³/mol. The van der Waals surface area contributed by atoms with Gasteiger partial charge in [-0.15, -0.1) is 0 Å².